The first kappa shape index (κ1) is 12.9. The van der Waals surface area contributed by atoms with Crippen LogP contribution in [0.25, 0.3) is 16.8 Å². The third-order valence-corrected chi connectivity index (χ3v) is 2.55. The Morgan fingerprint density at radius 3 is 2.78 bits per heavy atom. The van der Waals surface area contributed by atoms with Gasteiger partial charge in [0.1, 0.15) is 0 Å². The zero-order valence-corrected chi connectivity index (χ0v) is 11.4. The smallest absolute Gasteiger partial charge is 0.0883 e. The van der Waals surface area contributed by atoms with Crippen molar-refractivity contribution < 1.29 is 28.9 Å². The number of rotatable bonds is 1. The van der Waals surface area contributed by atoms with Crippen LogP contribution in [0.5, 0.6) is 0 Å². The maximum absolute atomic E-state index is 13.1. The maximum Gasteiger partial charge on any atom is 0.0883 e. The Morgan fingerprint density at radius 1 is 1.17 bits per heavy atom. The number of hydrogen-bond acceptors (Lipinski definition) is 1. The van der Waals surface area contributed by atoms with Crippen molar-refractivity contribution in [3.8, 4) is 11.3 Å². The van der Waals surface area contributed by atoms with Gasteiger partial charge in [-0.25, -0.2) is 4.39 Å². The molecule has 2 aromatic heterocycles. The zero-order chi connectivity index (χ0) is 11.8. The predicted octanol–water partition coefficient (Wildman–Crippen LogP) is 3.08. The van der Waals surface area contributed by atoms with Gasteiger partial charge in [0.2, 0.25) is 0 Å². The molecule has 0 saturated heterocycles. The van der Waals surface area contributed by atoms with E-state index in [2.05, 4.69) is 11.1 Å². The molecular formula is C13H7F2IrN2-. The second-order valence-electron chi connectivity index (χ2n) is 3.63. The van der Waals surface area contributed by atoms with Gasteiger partial charge in [-0.2, -0.15) is 0 Å². The van der Waals surface area contributed by atoms with E-state index in [0.717, 1.165) is 17.6 Å². The second kappa shape index (κ2) is 4.96. The van der Waals surface area contributed by atoms with Crippen LogP contribution in [-0.2, 0) is 20.1 Å². The minimum Gasteiger partial charge on any atom is -0.315 e. The Hall–Kier alpha value is -1.58. The number of fused-ring (bicyclic) bond motifs is 1. The molecule has 18 heavy (non-hydrogen) atoms. The molecule has 93 valence electrons. The van der Waals surface area contributed by atoms with Crippen LogP contribution in [0.15, 0.2) is 42.9 Å². The minimum absolute atomic E-state index is 0. The standard InChI is InChI=1S/C13H7F2N2.Ir/c14-10-5-4-9(7-11(10)15)13-12-3-1-2-6-17(12)8-16-13;/h1-3,5-8H;/q-1;. The molecule has 5 heteroatoms. The molecule has 0 amide bonds. The van der Waals surface area contributed by atoms with Gasteiger partial charge in [-0.3, -0.25) is 9.37 Å². The number of pyridine rings is 1. The van der Waals surface area contributed by atoms with Crippen LogP contribution in [0.2, 0.25) is 0 Å². The number of halogens is 2. The molecule has 0 aliphatic heterocycles. The summed E-state index contributed by atoms with van der Waals surface area (Å²) in [7, 11) is 0. The van der Waals surface area contributed by atoms with E-state index in [0.29, 0.717) is 11.3 Å². The number of nitrogens with zero attached hydrogens (tertiary/aromatic N) is 2. The summed E-state index contributed by atoms with van der Waals surface area (Å²) in [6.45, 7) is 0. The van der Waals surface area contributed by atoms with Crippen LogP contribution in [0, 0.1) is 17.7 Å². The normalized spacial score (nSPS) is 10.3. The topological polar surface area (TPSA) is 17.3 Å². The fourth-order valence-corrected chi connectivity index (χ4v) is 1.74. The van der Waals surface area contributed by atoms with Gasteiger partial charge in [0, 0.05) is 37.5 Å². The van der Waals surface area contributed by atoms with Gasteiger partial charge >= 0.3 is 0 Å². The third-order valence-electron chi connectivity index (χ3n) is 2.55. The van der Waals surface area contributed by atoms with E-state index in [-0.39, 0.29) is 20.1 Å². The zero-order valence-electron chi connectivity index (χ0n) is 9.03. The largest absolute Gasteiger partial charge is 0.315 e. The van der Waals surface area contributed by atoms with Crippen LogP contribution in [0.3, 0.4) is 0 Å². The van der Waals surface area contributed by atoms with Crippen molar-refractivity contribution in [1.82, 2.24) is 9.38 Å². The van der Waals surface area contributed by atoms with Gasteiger partial charge in [0.15, 0.2) is 0 Å². The molecule has 0 spiro atoms. The van der Waals surface area contributed by atoms with E-state index in [4.69, 9.17) is 0 Å². The summed E-state index contributed by atoms with van der Waals surface area (Å²) < 4.78 is 27.8. The van der Waals surface area contributed by atoms with Gasteiger partial charge in [-0.15, -0.1) is 23.8 Å². The number of hydrogen-bond donors (Lipinski definition) is 0. The average Bonchev–Trinajstić information content (AvgIpc) is 2.76. The summed E-state index contributed by atoms with van der Waals surface area (Å²) in [4.78, 5) is 4.18. The van der Waals surface area contributed by atoms with Gasteiger partial charge < -0.3 is 4.40 Å². The summed E-state index contributed by atoms with van der Waals surface area (Å²) in [5.41, 5.74) is 1.86. The third kappa shape index (κ3) is 2.07. The molecule has 0 aliphatic carbocycles. The van der Waals surface area contributed by atoms with Crippen LogP contribution < -0.4 is 0 Å². The molecule has 2 nitrogen and oxygen atoms in total. The Bertz CT molecular complexity index is 694. The van der Waals surface area contributed by atoms with Crippen molar-refractivity contribution in [3.05, 3.63) is 60.6 Å². The van der Waals surface area contributed by atoms with E-state index in [9.17, 15) is 8.78 Å². The van der Waals surface area contributed by atoms with Gasteiger partial charge in [0.05, 0.1) is 18.0 Å². The van der Waals surface area contributed by atoms with E-state index < -0.39 is 11.6 Å². The molecule has 1 aromatic carbocycles. The average molecular weight is 421 g/mol. The molecule has 0 bridgehead atoms. The molecule has 0 fully saturated rings. The van der Waals surface area contributed by atoms with Gasteiger partial charge in [-0.05, 0) is 12.1 Å². The monoisotopic (exact) mass is 422 g/mol. The summed E-state index contributed by atoms with van der Waals surface area (Å²) in [5.74, 6) is -1.80. The van der Waals surface area contributed by atoms with Crippen molar-refractivity contribution in [2.45, 2.75) is 0 Å². The van der Waals surface area contributed by atoms with Gasteiger partial charge in [0.25, 0.3) is 0 Å². The molecule has 1 radical (unpaired) electrons. The number of aromatic nitrogens is 2. The van der Waals surface area contributed by atoms with Crippen LogP contribution in [-0.4, -0.2) is 9.38 Å². The molecule has 0 atom stereocenters. The first-order valence-electron chi connectivity index (χ1n) is 5.04. The SMILES string of the molecule is Fc1c[c-]c(-c2ncn3ccccc23)cc1F.[Ir]. The van der Waals surface area contributed by atoms with Crippen molar-refractivity contribution in [2.24, 2.45) is 0 Å². The first-order chi connectivity index (χ1) is 8.25. The van der Waals surface area contributed by atoms with E-state index in [1.165, 1.54) is 0 Å². The summed E-state index contributed by atoms with van der Waals surface area (Å²) in [6.07, 6.45) is 3.46. The van der Waals surface area contributed by atoms with Crippen LogP contribution in [0.1, 0.15) is 0 Å². The first-order valence-corrected chi connectivity index (χ1v) is 5.04. The quantitative estimate of drug-likeness (QED) is 0.552. The maximum atomic E-state index is 13.1. The van der Waals surface area contributed by atoms with Crippen LogP contribution in [0.4, 0.5) is 8.78 Å². The minimum atomic E-state index is -0.905. The Morgan fingerprint density at radius 2 is 2.00 bits per heavy atom. The molecule has 0 aliphatic rings. The van der Waals surface area contributed by atoms with E-state index in [1.807, 2.05) is 28.8 Å². The Balaban J connectivity index is 0.00000120. The second-order valence-corrected chi connectivity index (χ2v) is 3.63. The molecule has 0 N–H and O–H groups in total. The molecule has 3 rings (SSSR count). The molecule has 3 aromatic rings. The van der Waals surface area contributed by atoms with Gasteiger partial charge in [-0.1, -0.05) is 6.07 Å². The molecule has 0 unspecified atom stereocenters. The summed E-state index contributed by atoms with van der Waals surface area (Å²) in [6, 6.07) is 10.4. The summed E-state index contributed by atoms with van der Waals surface area (Å²) >= 11 is 0. The Kier molecular flexibility index (Phi) is 3.55. The predicted molar refractivity (Wildman–Crippen MR) is 59.4 cm³/mol. The number of imidazole rings is 1. The fraction of sp³-hybridized carbons (Fsp3) is 0. The Labute approximate surface area is 116 Å². The van der Waals surface area contributed by atoms with Crippen molar-refractivity contribution in [2.75, 3.05) is 0 Å². The number of benzene rings is 1. The van der Waals surface area contributed by atoms with E-state index >= 15 is 0 Å². The van der Waals surface area contributed by atoms with E-state index in [1.54, 1.807) is 6.33 Å². The molecule has 0 saturated carbocycles. The molecule has 2 heterocycles. The van der Waals surface area contributed by atoms with Crippen LogP contribution >= 0.6 is 0 Å². The molecular weight excluding hydrogens is 414 g/mol. The van der Waals surface area contributed by atoms with Crippen molar-refractivity contribution in [3.63, 3.8) is 0 Å². The summed E-state index contributed by atoms with van der Waals surface area (Å²) in [5, 5.41) is 0. The van der Waals surface area contributed by atoms with Crippen molar-refractivity contribution in [1.29, 1.82) is 0 Å². The fourth-order valence-electron chi connectivity index (χ4n) is 1.74. The van der Waals surface area contributed by atoms with Crippen molar-refractivity contribution >= 4 is 5.52 Å².